The molecule has 0 unspecified atom stereocenters. The minimum absolute atomic E-state index is 0. The number of hydrogen-bond donors (Lipinski definition) is 1. The van der Waals surface area contributed by atoms with E-state index in [1.165, 1.54) is 0 Å². The molecule has 0 aliphatic rings. The maximum Gasteiger partial charge on any atom is 0.125 e. The van der Waals surface area contributed by atoms with Gasteiger partial charge in [0.05, 0.1) is 12.2 Å². The van der Waals surface area contributed by atoms with Gasteiger partial charge < -0.3 is 10.3 Å². The molecule has 0 aromatic carbocycles. The van der Waals surface area contributed by atoms with E-state index in [0.717, 1.165) is 10.4 Å². The van der Waals surface area contributed by atoms with Crippen molar-refractivity contribution in [2.45, 2.75) is 13.0 Å². The summed E-state index contributed by atoms with van der Waals surface area (Å²) in [4.78, 5) is 4.11. The molecule has 0 aliphatic carbocycles. The molecule has 1 rings (SSSR count). The van der Waals surface area contributed by atoms with Crippen LogP contribution in [0.5, 0.6) is 0 Å². The standard InChI is InChI=1S/C6H10BrN3.ClH/c1-4(8)6-9-3-5(7)10(6)2;/h3-4H,8H2,1-2H3;1H/t4-;/m1./s1. The Morgan fingerprint density at radius 3 is 2.45 bits per heavy atom. The number of halogens is 2. The van der Waals surface area contributed by atoms with Crippen molar-refractivity contribution in [2.24, 2.45) is 12.8 Å². The molecular weight excluding hydrogens is 229 g/mol. The van der Waals surface area contributed by atoms with Gasteiger partial charge in [0.1, 0.15) is 10.4 Å². The van der Waals surface area contributed by atoms with Gasteiger partial charge in [0, 0.05) is 7.05 Å². The van der Waals surface area contributed by atoms with E-state index < -0.39 is 0 Å². The van der Waals surface area contributed by atoms with Crippen LogP contribution in [0, 0.1) is 0 Å². The number of nitrogens with zero attached hydrogens (tertiary/aromatic N) is 2. The Bertz CT molecular complexity index is 234. The molecule has 64 valence electrons. The predicted octanol–water partition coefficient (Wildman–Crippen LogP) is 1.62. The topological polar surface area (TPSA) is 43.8 Å². The first-order valence-corrected chi connectivity index (χ1v) is 3.85. The number of hydrogen-bond acceptors (Lipinski definition) is 2. The van der Waals surface area contributed by atoms with Gasteiger partial charge in [-0.3, -0.25) is 0 Å². The lowest BCUT2D eigenvalue weighted by molar-refractivity contribution is 0.681. The average molecular weight is 241 g/mol. The van der Waals surface area contributed by atoms with Crippen LogP contribution in [0.3, 0.4) is 0 Å². The molecule has 0 saturated carbocycles. The highest BCUT2D eigenvalue weighted by atomic mass is 79.9. The maximum absolute atomic E-state index is 5.62. The van der Waals surface area contributed by atoms with Crippen LogP contribution in [0.15, 0.2) is 10.8 Å². The Morgan fingerprint density at radius 1 is 1.73 bits per heavy atom. The lowest BCUT2D eigenvalue weighted by atomic mass is 10.3. The fourth-order valence-corrected chi connectivity index (χ4v) is 1.11. The van der Waals surface area contributed by atoms with Crippen molar-refractivity contribution in [3.05, 3.63) is 16.6 Å². The minimum Gasteiger partial charge on any atom is -0.325 e. The van der Waals surface area contributed by atoms with Crippen LogP contribution in [0.25, 0.3) is 0 Å². The number of aromatic nitrogens is 2. The van der Waals surface area contributed by atoms with Crippen molar-refractivity contribution in [1.82, 2.24) is 9.55 Å². The summed E-state index contributed by atoms with van der Waals surface area (Å²) in [5, 5.41) is 0. The third kappa shape index (κ3) is 2.18. The Hall–Kier alpha value is -0.0600. The summed E-state index contributed by atoms with van der Waals surface area (Å²) in [7, 11) is 1.93. The summed E-state index contributed by atoms with van der Waals surface area (Å²) in [5.41, 5.74) is 5.62. The van der Waals surface area contributed by atoms with Gasteiger partial charge in [-0.2, -0.15) is 0 Å². The monoisotopic (exact) mass is 239 g/mol. The third-order valence-corrected chi connectivity index (χ3v) is 2.11. The quantitative estimate of drug-likeness (QED) is 0.811. The van der Waals surface area contributed by atoms with E-state index in [-0.39, 0.29) is 18.4 Å². The zero-order valence-electron chi connectivity index (χ0n) is 6.41. The van der Waals surface area contributed by atoms with Gasteiger partial charge in [0.15, 0.2) is 0 Å². The van der Waals surface area contributed by atoms with Crippen molar-refractivity contribution < 1.29 is 0 Å². The van der Waals surface area contributed by atoms with E-state index in [4.69, 9.17) is 5.73 Å². The van der Waals surface area contributed by atoms with E-state index in [0.29, 0.717) is 0 Å². The van der Waals surface area contributed by atoms with E-state index in [1.807, 2.05) is 18.5 Å². The molecule has 1 heterocycles. The van der Waals surface area contributed by atoms with E-state index >= 15 is 0 Å². The molecular formula is C6H11BrClN3. The van der Waals surface area contributed by atoms with Gasteiger partial charge in [-0.15, -0.1) is 12.4 Å². The first-order chi connectivity index (χ1) is 4.63. The summed E-state index contributed by atoms with van der Waals surface area (Å²) in [6.45, 7) is 1.91. The second-order valence-electron chi connectivity index (χ2n) is 2.29. The molecule has 2 N–H and O–H groups in total. The summed E-state index contributed by atoms with van der Waals surface area (Å²) in [5.74, 6) is 0.895. The van der Waals surface area contributed by atoms with Crippen molar-refractivity contribution in [2.75, 3.05) is 0 Å². The van der Waals surface area contributed by atoms with Crippen molar-refractivity contribution in [3.63, 3.8) is 0 Å². The second-order valence-corrected chi connectivity index (χ2v) is 3.10. The van der Waals surface area contributed by atoms with Crippen LogP contribution in [-0.4, -0.2) is 9.55 Å². The molecule has 0 saturated heterocycles. The Kier molecular flexibility index (Phi) is 4.07. The first-order valence-electron chi connectivity index (χ1n) is 3.05. The Labute approximate surface area is 80.5 Å². The molecule has 0 aliphatic heterocycles. The molecule has 3 nitrogen and oxygen atoms in total. The summed E-state index contributed by atoms with van der Waals surface area (Å²) in [6.07, 6.45) is 1.75. The predicted molar refractivity (Wildman–Crippen MR) is 50.8 cm³/mol. The maximum atomic E-state index is 5.62. The highest BCUT2D eigenvalue weighted by Crippen LogP contribution is 2.13. The fraction of sp³-hybridized carbons (Fsp3) is 0.500. The fourth-order valence-electron chi connectivity index (χ4n) is 0.825. The second kappa shape index (κ2) is 4.09. The Balaban J connectivity index is 0.000001000. The van der Waals surface area contributed by atoms with E-state index in [9.17, 15) is 0 Å². The Morgan fingerprint density at radius 2 is 2.27 bits per heavy atom. The summed E-state index contributed by atoms with van der Waals surface area (Å²) < 4.78 is 2.88. The lowest BCUT2D eigenvalue weighted by Gasteiger charge is -2.04. The lowest BCUT2D eigenvalue weighted by Crippen LogP contribution is -2.11. The molecule has 1 atom stereocenters. The SMILES string of the molecule is C[C@@H](N)c1ncc(Br)n1C.Cl. The van der Waals surface area contributed by atoms with E-state index in [2.05, 4.69) is 20.9 Å². The van der Waals surface area contributed by atoms with Gasteiger partial charge in [-0.1, -0.05) is 0 Å². The zero-order chi connectivity index (χ0) is 7.72. The van der Waals surface area contributed by atoms with Crippen LogP contribution in [0.4, 0.5) is 0 Å². The zero-order valence-corrected chi connectivity index (χ0v) is 8.82. The van der Waals surface area contributed by atoms with E-state index in [1.54, 1.807) is 6.20 Å². The van der Waals surface area contributed by atoms with Gasteiger partial charge >= 0.3 is 0 Å². The molecule has 0 fully saturated rings. The smallest absolute Gasteiger partial charge is 0.125 e. The summed E-state index contributed by atoms with van der Waals surface area (Å²) in [6, 6.07) is -0.00343. The molecule has 1 aromatic heterocycles. The van der Waals surface area contributed by atoms with Crippen LogP contribution in [-0.2, 0) is 7.05 Å². The number of rotatable bonds is 1. The normalized spacial score (nSPS) is 12.4. The highest BCUT2D eigenvalue weighted by molar-refractivity contribution is 9.10. The van der Waals surface area contributed by atoms with Gasteiger partial charge in [-0.05, 0) is 22.9 Å². The number of nitrogens with two attached hydrogens (primary N) is 1. The molecule has 5 heteroatoms. The van der Waals surface area contributed by atoms with Crippen LogP contribution >= 0.6 is 28.3 Å². The van der Waals surface area contributed by atoms with Gasteiger partial charge in [0.25, 0.3) is 0 Å². The molecule has 11 heavy (non-hydrogen) atoms. The van der Waals surface area contributed by atoms with Crippen LogP contribution in [0.1, 0.15) is 18.8 Å². The van der Waals surface area contributed by atoms with Crippen molar-refractivity contribution in [3.8, 4) is 0 Å². The molecule has 0 amide bonds. The first kappa shape index (κ1) is 10.9. The molecule has 0 spiro atoms. The largest absolute Gasteiger partial charge is 0.325 e. The molecule has 0 radical (unpaired) electrons. The highest BCUT2D eigenvalue weighted by Gasteiger charge is 2.06. The molecule has 1 aromatic rings. The van der Waals surface area contributed by atoms with Gasteiger partial charge in [-0.25, -0.2) is 4.98 Å². The third-order valence-electron chi connectivity index (χ3n) is 1.37. The average Bonchev–Trinajstić information content (AvgIpc) is 2.14. The van der Waals surface area contributed by atoms with Gasteiger partial charge in [0.2, 0.25) is 0 Å². The van der Waals surface area contributed by atoms with Crippen molar-refractivity contribution >= 4 is 28.3 Å². The minimum atomic E-state index is -0.00343. The van der Waals surface area contributed by atoms with Crippen LogP contribution < -0.4 is 5.73 Å². The number of imidazole rings is 1. The van der Waals surface area contributed by atoms with Crippen molar-refractivity contribution in [1.29, 1.82) is 0 Å². The van der Waals surface area contributed by atoms with Crippen LogP contribution in [0.2, 0.25) is 0 Å². The summed E-state index contributed by atoms with van der Waals surface area (Å²) >= 11 is 3.33. The molecule has 0 bridgehead atoms.